The predicted octanol–water partition coefficient (Wildman–Crippen LogP) is 2.68. The zero-order chi connectivity index (χ0) is 10.9. The number of ether oxygens (including phenoxy) is 1. The summed E-state index contributed by atoms with van der Waals surface area (Å²) < 4.78 is 5.39. The Morgan fingerprint density at radius 2 is 1.93 bits per heavy atom. The lowest BCUT2D eigenvalue weighted by molar-refractivity contribution is 0.138. The van der Waals surface area contributed by atoms with Gasteiger partial charge < -0.3 is 4.74 Å². The van der Waals surface area contributed by atoms with Crippen LogP contribution in [0.1, 0.15) is 29.8 Å². The van der Waals surface area contributed by atoms with Gasteiger partial charge in [0.15, 0.2) is 0 Å². The number of aromatic nitrogens is 2. The fourth-order valence-electron chi connectivity index (χ4n) is 1.11. The Kier molecular flexibility index (Phi) is 6.88. The molecule has 15 heavy (non-hydrogen) atoms. The molecule has 0 spiro atoms. The Morgan fingerprint density at radius 3 is 2.60 bits per heavy atom. The number of aryl methyl sites for hydroxylation is 1. The molecule has 0 amide bonds. The normalized spacial score (nSPS) is 10.8. The third-order valence-corrected chi connectivity index (χ3v) is 3.15. The van der Waals surface area contributed by atoms with Crippen molar-refractivity contribution >= 4 is 22.9 Å². The fourth-order valence-corrected chi connectivity index (χ4v) is 2.12. The first kappa shape index (κ1) is 12.9. The van der Waals surface area contributed by atoms with E-state index in [-0.39, 0.29) is 0 Å². The van der Waals surface area contributed by atoms with Crippen LogP contribution < -0.4 is 0 Å². The fraction of sp³-hybridized carbons (Fsp3) is 0.800. The van der Waals surface area contributed by atoms with Gasteiger partial charge in [-0.3, -0.25) is 0 Å². The predicted molar refractivity (Wildman–Crippen MR) is 63.8 cm³/mol. The van der Waals surface area contributed by atoms with Crippen LogP contribution in [0.25, 0.3) is 0 Å². The summed E-state index contributed by atoms with van der Waals surface area (Å²) in [7, 11) is 0. The topological polar surface area (TPSA) is 35.0 Å². The Hall–Kier alpha value is -0.190. The van der Waals surface area contributed by atoms with E-state index in [1.807, 2.05) is 0 Å². The molecule has 0 aromatic carbocycles. The maximum Gasteiger partial charge on any atom is 0.119 e. The third-order valence-electron chi connectivity index (χ3n) is 1.84. The van der Waals surface area contributed by atoms with E-state index in [1.54, 1.807) is 11.3 Å². The van der Waals surface area contributed by atoms with Crippen LogP contribution in [0.5, 0.6) is 0 Å². The SMILES string of the molecule is CCCOCCc1nnc(CCCCl)s1. The quantitative estimate of drug-likeness (QED) is 0.524. The van der Waals surface area contributed by atoms with Crippen molar-refractivity contribution in [2.45, 2.75) is 32.6 Å². The van der Waals surface area contributed by atoms with Gasteiger partial charge in [0.1, 0.15) is 10.0 Å². The number of rotatable bonds is 8. The lowest BCUT2D eigenvalue weighted by Gasteiger charge is -1.98. The molecule has 3 nitrogen and oxygen atoms in total. The van der Waals surface area contributed by atoms with Crippen molar-refractivity contribution in [2.75, 3.05) is 19.1 Å². The van der Waals surface area contributed by atoms with E-state index < -0.39 is 0 Å². The van der Waals surface area contributed by atoms with E-state index in [0.717, 1.165) is 48.9 Å². The molecule has 1 heterocycles. The molecule has 1 rings (SSSR count). The molecule has 1 aromatic heterocycles. The van der Waals surface area contributed by atoms with Crippen molar-refractivity contribution in [3.8, 4) is 0 Å². The maximum absolute atomic E-state index is 5.61. The van der Waals surface area contributed by atoms with Crippen LogP contribution in [-0.2, 0) is 17.6 Å². The molecule has 0 atom stereocenters. The summed E-state index contributed by atoms with van der Waals surface area (Å²) in [4.78, 5) is 0. The van der Waals surface area contributed by atoms with Gasteiger partial charge in [0, 0.05) is 25.3 Å². The number of hydrogen-bond acceptors (Lipinski definition) is 4. The highest BCUT2D eigenvalue weighted by Gasteiger charge is 2.03. The number of nitrogens with zero attached hydrogens (tertiary/aromatic N) is 2. The molecule has 0 aliphatic rings. The van der Waals surface area contributed by atoms with Crippen LogP contribution in [0.4, 0.5) is 0 Å². The van der Waals surface area contributed by atoms with Gasteiger partial charge in [-0.25, -0.2) is 0 Å². The van der Waals surface area contributed by atoms with Gasteiger partial charge in [0.25, 0.3) is 0 Å². The zero-order valence-corrected chi connectivity index (χ0v) is 10.6. The van der Waals surface area contributed by atoms with E-state index in [9.17, 15) is 0 Å². The van der Waals surface area contributed by atoms with E-state index in [2.05, 4.69) is 17.1 Å². The Balaban J connectivity index is 2.20. The third kappa shape index (κ3) is 5.44. The average molecular weight is 249 g/mol. The van der Waals surface area contributed by atoms with Crippen LogP contribution in [0, 0.1) is 0 Å². The van der Waals surface area contributed by atoms with Crippen molar-refractivity contribution < 1.29 is 4.74 Å². The van der Waals surface area contributed by atoms with Crippen LogP contribution in [-0.4, -0.2) is 29.3 Å². The molecule has 0 aliphatic heterocycles. The van der Waals surface area contributed by atoms with E-state index in [4.69, 9.17) is 16.3 Å². The van der Waals surface area contributed by atoms with Crippen LogP contribution in [0.2, 0.25) is 0 Å². The summed E-state index contributed by atoms with van der Waals surface area (Å²) in [5.74, 6) is 0.689. The highest BCUT2D eigenvalue weighted by atomic mass is 35.5. The van der Waals surface area contributed by atoms with Crippen molar-refractivity contribution in [2.24, 2.45) is 0 Å². The molecule has 1 aromatic rings. The van der Waals surface area contributed by atoms with Gasteiger partial charge >= 0.3 is 0 Å². The number of hydrogen-bond donors (Lipinski definition) is 0. The Morgan fingerprint density at radius 1 is 1.20 bits per heavy atom. The summed E-state index contributed by atoms with van der Waals surface area (Å²) >= 11 is 7.28. The minimum absolute atomic E-state index is 0.689. The molecule has 0 saturated heterocycles. The minimum Gasteiger partial charge on any atom is -0.381 e. The lowest BCUT2D eigenvalue weighted by atomic mass is 10.4. The second kappa shape index (κ2) is 8.02. The summed E-state index contributed by atoms with van der Waals surface area (Å²) in [6.45, 7) is 3.69. The van der Waals surface area contributed by atoms with Crippen LogP contribution in [0.3, 0.4) is 0 Å². The smallest absolute Gasteiger partial charge is 0.119 e. The summed E-state index contributed by atoms with van der Waals surface area (Å²) in [5, 5.41) is 10.4. The number of halogens is 1. The van der Waals surface area contributed by atoms with E-state index in [1.165, 1.54) is 0 Å². The molecule has 0 unspecified atom stereocenters. The van der Waals surface area contributed by atoms with Gasteiger partial charge in [-0.2, -0.15) is 0 Å². The summed E-state index contributed by atoms with van der Waals surface area (Å²) in [5.41, 5.74) is 0. The molecule has 0 fully saturated rings. The highest BCUT2D eigenvalue weighted by Crippen LogP contribution is 2.12. The molecular formula is C10H17ClN2OS. The van der Waals surface area contributed by atoms with Gasteiger partial charge in [-0.1, -0.05) is 6.92 Å². The molecule has 5 heteroatoms. The summed E-state index contributed by atoms with van der Waals surface area (Å²) in [6.07, 6.45) is 3.86. The molecular weight excluding hydrogens is 232 g/mol. The maximum atomic E-state index is 5.61. The van der Waals surface area contributed by atoms with Crippen molar-refractivity contribution in [1.82, 2.24) is 10.2 Å². The second-order valence-corrected chi connectivity index (χ2v) is 4.77. The molecule has 0 bridgehead atoms. The zero-order valence-electron chi connectivity index (χ0n) is 9.04. The van der Waals surface area contributed by atoms with Crippen LogP contribution in [0.15, 0.2) is 0 Å². The molecule has 0 saturated carbocycles. The first-order valence-corrected chi connectivity index (χ1v) is 6.67. The van der Waals surface area contributed by atoms with E-state index >= 15 is 0 Å². The van der Waals surface area contributed by atoms with Crippen molar-refractivity contribution in [3.05, 3.63) is 10.0 Å². The van der Waals surface area contributed by atoms with E-state index in [0.29, 0.717) is 5.88 Å². The Bertz CT molecular complexity index is 268. The summed E-state index contributed by atoms with van der Waals surface area (Å²) in [6, 6.07) is 0. The molecule has 0 radical (unpaired) electrons. The minimum atomic E-state index is 0.689. The van der Waals surface area contributed by atoms with Gasteiger partial charge in [0.2, 0.25) is 0 Å². The van der Waals surface area contributed by atoms with Crippen LogP contribution >= 0.6 is 22.9 Å². The first-order valence-electron chi connectivity index (χ1n) is 5.31. The Labute approximate surface area is 99.8 Å². The monoisotopic (exact) mass is 248 g/mol. The second-order valence-electron chi connectivity index (χ2n) is 3.24. The molecule has 86 valence electrons. The van der Waals surface area contributed by atoms with Gasteiger partial charge in [0.05, 0.1) is 6.61 Å². The van der Waals surface area contributed by atoms with Crippen molar-refractivity contribution in [3.63, 3.8) is 0 Å². The molecule has 0 aliphatic carbocycles. The van der Waals surface area contributed by atoms with Gasteiger partial charge in [-0.15, -0.1) is 33.1 Å². The lowest BCUT2D eigenvalue weighted by Crippen LogP contribution is -1.98. The largest absolute Gasteiger partial charge is 0.381 e. The van der Waals surface area contributed by atoms with Crippen molar-refractivity contribution in [1.29, 1.82) is 0 Å². The first-order chi connectivity index (χ1) is 7.36. The molecule has 0 N–H and O–H groups in total. The van der Waals surface area contributed by atoms with Gasteiger partial charge in [-0.05, 0) is 12.8 Å². The average Bonchev–Trinajstić information content (AvgIpc) is 2.69. The number of alkyl halides is 1. The standard InChI is InChI=1S/C10H17ClN2OS/c1-2-7-14-8-5-10-13-12-9(15-10)4-3-6-11/h2-8H2,1H3. The highest BCUT2D eigenvalue weighted by molar-refractivity contribution is 7.11.